The highest BCUT2D eigenvalue weighted by Gasteiger charge is 2.23. The second-order valence-corrected chi connectivity index (χ2v) is 7.14. The molecular weight excluding hydrogens is 362 g/mol. The number of carbonyl (C=O) groups is 1. The zero-order chi connectivity index (χ0) is 14.9. The van der Waals surface area contributed by atoms with E-state index in [0.717, 1.165) is 19.8 Å². The Balaban J connectivity index is 2.33. The maximum Gasteiger partial charge on any atom is 0.330 e. The number of aliphatic carboxylic acids is 1. The van der Waals surface area contributed by atoms with Crippen LogP contribution in [0.25, 0.3) is 0 Å². The van der Waals surface area contributed by atoms with Gasteiger partial charge in [0.15, 0.2) is 6.04 Å². The third-order valence-corrected chi connectivity index (χ3v) is 5.06. The van der Waals surface area contributed by atoms with Crippen LogP contribution < -0.4 is 5.32 Å². The summed E-state index contributed by atoms with van der Waals surface area (Å²) in [6.45, 7) is 3.90. The van der Waals surface area contributed by atoms with Gasteiger partial charge < -0.3 is 10.4 Å². The molecule has 0 amide bonds. The van der Waals surface area contributed by atoms with E-state index in [2.05, 4.69) is 21.2 Å². The van der Waals surface area contributed by atoms with Crippen LogP contribution in [0.5, 0.6) is 0 Å². The van der Waals surface area contributed by atoms with Crippen LogP contribution in [0.4, 0.5) is 5.69 Å². The molecule has 0 saturated heterocycles. The van der Waals surface area contributed by atoms with Gasteiger partial charge >= 0.3 is 5.97 Å². The first kappa shape index (κ1) is 15.4. The molecule has 0 bridgehead atoms. The van der Waals surface area contributed by atoms with Crippen molar-refractivity contribution in [2.24, 2.45) is 0 Å². The lowest BCUT2D eigenvalue weighted by molar-refractivity contribution is -0.138. The lowest BCUT2D eigenvalue weighted by Crippen LogP contribution is -2.20. The van der Waals surface area contributed by atoms with Crippen LogP contribution in [-0.2, 0) is 4.79 Å². The molecule has 0 radical (unpaired) electrons. The Bertz CT molecular complexity index is 657. The Labute approximate surface area is 134 Å². The molecule has 0 aliphatic carbocycles. The number of hydrogen-bond acceptors (Lipinski definition) is 3. The summed E-state index contributed by atoms with van der Waals surface area (Å²) in [5.41, 5.74) is 1.50. The fourth-order valence-electron chi connectivity index (χ4n) is 1.96. The van der Waals surface area contributed by atoms with Gasteiger partial charge in [-0.05, 0) is 59.6 Å². The van der Waals surface area contributed by atoms with Crippen molar-refractivity contribution >= 4 is 50.5 Å². The summed E-state index contributed by atoms with van der Waals surface area (Å²) in [5, 5.41) is 13.1. The average molecular weight is 375 g/mol. The van der Waals surface area contributed by atoms with Gasteiger partial charge in [0.1, 0.15) is 0 Å². The number of nitrogens with one attached hydrogen (secondary N) is 1. The van der Waals surface area contributed by atoms with E-state index in [1.54, 1.807) is 29.5 Å². The van der Waals surface area contributed by atoms with Crippen molar-refractivity contribution in [2.45, 2.75) is 19.9 Å². The van der Waals surface area contributed by atoms with E-state index in [-0.39, 0.29) is 0 Å². The van der Waals surface area contributed by atoms with Gasteiger partial charge in [0.05, 0.1) is 5.02 Å². The molecule has 1 unspecified atom stereocenters. The van der Waals surface area contributed by atoms with Crippen LogP contribution in [0.3, 0.4) is 0 Å². The summed E-state index contributed by atoms with van der Waals surface area (Å²) in [6, 6.07) is 6.40. The third kappa shape index (κ3) is 3.34. The first-order chi connectivity index (χ1) is 9.38. The summed E-state index contributed by atoms with van der Waals surface area (Å²) in [6.07, 6.45) is 0. The Morgan fingerprint density at radius 2 is 2.10 bits per heavy atom. The molecule has 1 aromatic carbocycles. The van der Waals surface area contributed by atoms with Gasteiger partial charge in [-0.1, -0.05) is 11.6 Å². The minimum atomic E-state index is -0.906. The molecule has 0 fully saturated rings. The molecule has 6 heteroatoms. The summed E-state index contributed by atoms with van der Waals surface area (Å²) in [5.74, 6) is -0.906. The maximum absolute atomic E-state index is 11.5. The Kier molecular flexibility index (Phi) is 4.73. The van der Waals surface area contributed by atoms with Crippen LogP contribution in [-0.4, -0.2) is 11.1 Å². The number of anilines is 1. The molecule has 1 aromatic heterocycles. The molecular formula is C14H13BrClNO2S. The van der Waals surface area contributed by atoms with E-state index in [9.17, 15) is 9.90 Å². The van der Waals surface area contributed by atoms with Gasteiger partial charge in [-0.25, -0.2) is 4.79 Å². The molecule has 3 nitrogen and oxygen atoms in total. The zero-order valence-corrected chi connectivity index (χ0v) is 14.1. The van der Waals surface area contributed by atoms with Crippen LogP contribution in [0.1, 0.15) is 21.4 Å². The highest BCUT2D eigenvalue weighted by atomic mass is 79.9. The highest BCUT2D eigenvalue weighted by molar-refractivity contribution is 9.10. The van der Waals surface area contributed by atoms with Crippen molar-refractivity contribution in [2.75, 3.05) is 5.32 Å². The molecule has 2 rings (SSSR count). The SMILES string of the molecule is Cc1cc(C(Nc2ccc(Cl)c(Br)c2)C(=O)O)c(C)s1. The maximum atomic E-state index is 11.5. The monoisotopic (exact) mass is 373 g/mol. The number of halogens is 2. The minimum Gasteiger partial charge on any atom is -0.479 e. The van der Waals surface area contributed by atoms with Gasteiger partial charge in [0, 0.05) is 19.9 Å². The highest BCUT2D eigenvalue weighted by Crippen LogP contribution is 2.31. The molecule has 0 aliphatic heterocycles. The van der Waals surface area contributed by atoms with Gasteiger partial charge in [-0.15, -0.1) is 11.3 Å². The van der Waals surface area contributed by atoms with E-state index in [1.807, 2.05) is 19.9 Å². The molecule has 0 saturated carbocycles. The number of rotatable bonds is 4. The summed E-state index contributed by atoms with van der Waals surface area (Å²) in [7, 11) is 0. The largest absolute Gasteiger partial charge is 0.479 e. The van der Waals surface area contributed by atoms with Crippen molar-refractivity contribution in [1.29, 1.82) is 0 Å². The van der Waals surface area contributed by atoms with Crippen molar-refractivity contribution in [3.8, 4) is 0 Å². The number of carboxylic acid groups (broad SMARTS) is 1. The number of thiophene rings is 1. The summed E-state index contributed by atoms with van der Waals surface area (Å²) < 4.78 is 0.728. The van der Waals surface area contributed by atoms with Gasteiger partial charge in [-0.2, -0.15) is 0 Å². The predicted octanol–water partition coefficient (Wildman–Crippen LogP) is 5.02. The quantitative estimate of drug-likeness (QED) is 0.790. The predicted molar refractivity (Wildman–Crippen MR) is 86.9 cm³/mol. The number of aryl methyl sites for hydroxylation is 2. The Morgan fingerprint density at radius 1 is 1.40 bits per heavy atom. The van der Waals surface area contributed by atoms with E-state index >= 15 is 0 Å². The van der Waals surface area contributed by atoms with Gasteiger partial charge in [0.2, 0.25) is 0 Å². The lowest BCUT2D eigenvalue weighted by Gasteiger charge is -2.16. The molecule has 106 valence electrons. The van der Waals surface area contributed by atoms with Crippen molar-refractivity contribution in [3.05, 3.63) is 49.1 Å². The van der Waals surface area contributed by atoms with E-state index < -0.39 is 12.0 Å². The number of carboxylic acids is 1. The van der Waals surface area contributed by atoms with Crippen LogP contribution in [0, 0.1) is 13.8 Å². The Morgan fingerprint density at radius 3 is 2.60 bits per heavy atom. The molecule has 1 atom stereocenters. The molecule has 1 heterocycles. The standard InChI is InChI=1S/C14H13BrClNO2S/c1-7-5-10(8(2)20-7)13(14(18)19)17-9-3-4-12(16)11(15)6-9/h3-6,13,17H,1-2H3,(H,18,19). The zero-order valence-electron chi connectivity index (χ0n) is 10.9. The Hall–Kier alpha value is -1.04. The van der Waals surface area contributed by atoms with E-state index in [1.165, 1.54) is 0 Å². The molecule has 0 aliphatic rings. The van der Waals surface area contributed by atoms with E-state index in [4.69, 9.17) is 11.6 Å². The topological polar surface area (TPSA) is 49.3 Å². The summed E-state index contributed by atoms with van der Waals surface area (Å²) >= 11 is 10.9. The van der Waals surface area contributed by atoms with Crippen molar-refractivity contribution < 1.29 is 9.90 Å². The fraction of sp³-hybridized carbons (Fsp3) is 0.214. The average Bonchev–Trinajstić information content (AvgIpc) is 2.69. The van der Waals surface area contributed by atoms with Gasteiger partial charge in [0.25, 0.3) is 0 Å². The van der Waals surface area contributed by atoms with Gasteiger partial charge in [-0.3, -0.25) is 0 Å². The van der Waals surface area contributed by atoms with Crippen molar-refractivity contribution in [1.82, 2.24) is 0 Å². The smallest absolute Gasteiger partial charge is 0.330 e. The molecule has 20 heavy (non-hydrogen) atoms. The normalized spacial score (nSPS) is 12.2. The number of hydrogen-bond donors (Lipinski definition) is 2. The first-order valence-corrected chi connectivity index (χ1v) is 7.88. The fourth-order valence-corrected chi connectivity index (χ4v) is 3.42. The van der Waals surface area contributed by atoms with Crippen LogP contribution >= 0.6 is 38.9 Å². The van der Waals surface area contributed by atoms with Crippen LogP contribution in [0.15, 0.2) is 28.7 Å². The third-order valence-electron chi connectivity index (χ3n) is 2.87. The summed E-state index contributed by atoms with van der Waals surface area (Å²) in [4.78, 5) is 13.6. The second kappa shape index (κ2) is 6.16. The molecule has 0 spiro atoms. The van der Waals surface area contributed by atoms with Crippen molar-refractivity contribution in [3.63, 3.8) is 0 Å². The first-order valence-electron chi connectivity index (χ1n) is 5.90. The molecule has 2 aromatic rings. The lowest BCUT2D eigenvalue weighted by atomic mass is 10.1. The molecule has 2 N–H and O–H groups in total. The minimum absolute atomic E-state index is 0.588. The second-order valence-electron chi connectivity index (χ2n) is 4.41. The van der Waals surface area contributed by atoms with E-state index in [0.29, 0.717) is 10.7 Å². The van der Waals surface area contributed by atoms with Crippen LogP contribution in [0.2, 0.25) is 5.02 Å². The number of benzene rings is 1.